The number of esters is 1. The minimum Gasteiger partial charge on any atom is -0.494 e. The lowest BCUT2D eigenvalue weighted by Crippen LogP contribution is -2.27. The Morgan fingerprint density at radius 3 is 1.94 bits per heavy atom. The molecule has 7 heteroatoms. The lowest BCUT2D eigenvalue weighted by Gasteiger charge is -2.20. The third-order valence-electron chi connectivity index (χ3n) is 5.71. The topological polar surface area (TPSA) is 61.8 Å². The summed E-state index contributed by atoms with van der Waals surface area (Å²) >= 11 is 4.59. The molecule has 0 unspecified atom stereocenters. The largest absolute Gasteiger partial charge is 0.494 e. The number of carbonyl (C=O) groups excluding carboxylic acids is 2. The lowest BCUT2D eigenvalue weighted by molar-refractivity contribution is -0.150. The smallest absolute Gasteiger partial charge is 0.309 e. The van der Waals surface area contributed by atoms with Crippen molar-refractivity contribution in [3.8, 4) is 11.5 Å². The molecule has 0 amide bonds. The van der Waals surface area contributed by atoms with Crippen LogP contribution in [0.1, 0.15) is 58.1 Å². The van der Waals surface area contributed by atoms with Crippen molar-refractivity contribution < 1.29 is 23.8 Å². The van der Waals surface area contributed by atoms with E-state index in [-0.39, 0.29) is 24.1 Å². The van der Waals surface area contributed by atoms with Gasteiger partial charge in [0.05, 0.1) is 32.9 Å². The quantitative estimate of drug-likeness (QED) is 0.147. The van der Waals surface area contributed by atoms with E-state index in [9.17, 15) is 9.59 Å². The number of carbonyl (C=O) groups is 2. The maximum Gasteiger partial charge on any atom is 0.309 e. The molecule has 2 rings (SSSR count). The number of rotatable bonds is 15. The van der Waals surface area contributed by atoms with Crippen LogP contribution in [0.5, 0.6) is 11.5 Å². The van der Waals surface area contributed by atoms with Gasteiger partial charge in [0, 0.05) is 12.3 Å². The Labute approximate surface area is 237 Å². The van der Waals surface area contributed by atoms with Gasteiger partial charge in [-0.15, -0.1) is 0 Å². The van der Waals surface area contributed by atoms with Crippen molar-refractivity contribution in [2.75, 3.05) is 19.8 Å². The van der Waals surface area contributed by atoms with Crippen LogP contribution < -0.4 is 9.47 Å². The van der Waals surface area contributed by atoms with Crippen LogP contribution in [0.3, 0.4) is 0 Å². The molecule has 0 spiro atoms. The predicted octanol–water partition coefficient (Wildman–Crippen LogP) is 7.03. The number of benzene rings is 2. The van der Waals surface area contributed by atoms with Gasteiger partial charge in [0.15, 0.2) is 0 Å². The van der Waals surface area contributed by atoms with Crippen LogP contribution in [0, 0.1) is 19.0 Å². The van der Waals surface area contributed by atoms with Crippen molar-refractivity contribution >= 4 is 56.9 Å². The molecule has 0 fully saturated rings. The molecule has 0 aliphatic heterocycles. The van der Waals surface area contributed by atoms with Gasteiger partial charge in [0.2, 0.25) is 0 Å². The number of hydrogen-bond acceptors (Lipinski definition) is 5. The standard InChI is InChI=1S/C28H36I2O5/c1-5-9-21(15-20-16-24(29)27(34-7-3)25(30)17-20)26(31)18-22(28(32)35-8-4)14-19-10-12-23(13-11-19)33-6-2/h10-13,16-17,21-22H,5-9,14-15,18H2,1-4H3/t21-,22+/m0/s1. The molecule has 0 aromatic heterocycles. The highest BCUT2D eigenvalue weighted by molar-refractivity contribution is 14.1. The number of ketones is 1. The van der Waals surface area contributed by atoms with Crippen LogP contribution in [-0.4, -0.2) is 31.6 Å². The maximum atomic E-state index is 13.5. The molecular formula is C28H36I2O5. The molecule has 192 valence electrons. The van der Waals surface area contributed by atoms with Gasteiger partial charge in [-0.2, -0.15) is 0 Å². The van der Waals surface area contributed by atoms with E-state index in [2.05, 4.69) is 64.2 Å². The summed E-state index contributed by atoms with van der Waals surface area (Å²) in [5.41, 5.74) is 2.11. The third kappa shape index (κ3) is 9.55. The monoisotopic (exact) mass is 706 g/mol. The highest BCUT2D eigenvalue weighted by atomic mass is 127. The van der Waals surface area contributed by atoms with Gasteiger partial charge < -0.3 is 14.2 Å². The zero-order valence-electron chi connectivity index (χ0n) is 21.1. The number of Topliss-reactive ketones (excluding diaryl/α,β-unsaturated/α-hetero) is 1. The summed E-state index contributed by atoms with van der Waals surface area (Å²) < 4.78 is 18.7. The van der Waals surface area contributed by atoms with Crippen molar-refractivity contribution in [1.82, 2.24) is 0 Å². The molecule has 0 aliphatic rings. The number of ether oxygens (including phenoxy) is 3. The van der Waals surface area contributed by atoms with E-state index in [0.29, 0.717) is 32.7 Å². The predicted molar refractivity (Wildman–Crippen MR) is 156 cm³/mol. The molecule has 0 bridgehead atoms. The van der Waals surface area contributed by atoms with E-state index in [1.54, 1.807) is 6.92 Å². The third-order valence-corrected chi connectivity index (χ3v) is 7.31. The molecule has 0 N–H and O–H groups in total. The van der Waals surface area contributed by atoms with Crippen LogP contribution in [0.4, 0.5) is 0 Å². The fraction of sp³-hybridized carbons (Fsp3) is 0.500. The highest BCUT2D eigenvalue weighted by Crippen LogP contribution is 2.31. The average molecular weight is 706 g/mol. The molecule has 35 heavy (non-hydrogen) atoms. The zero-order valence-corrected chi connectivity index (χ0v) is 25.4. The summed E-state index contributed by atoms with van der Waals surface area (Å²) in [5.74, 6) is 0.864. The number of halogens is 2. The van der Waals surface area contributed by atoms with Gasteiger partial charge in [-0.05, 0) is 121 Å². The van der Waals surface area contributed by atoms with Crippen molar-refractivity contribution in [2.45, 2.75) is 59.8 Å². The molecule has 0 radical (unpaired) electrons. The van der Waals surface area contributed by atoms with Crippen LogP contribution in [-0.2, 0) is 27.2 Å². The number of hydrogen-bond donors (Lipinski definition) is 0. The molecule has 5 nitrogen and oxygen atoms in total. The summed E-state index contributed by atoms with van der Waals surface area (Å²) in [6, 6.07) is 11.9. The van der Waals surface area contributed by atoms with Crippen LogP contribution in [0.2, 0.25) is 0 Å². The summed E-state index contributed by atoms with van der Waals surface area (Å²) in [6.07, 6.45) is 3.00. The first-order valence-corrected chi connectivity index (χ1v) is 14.5. The second-order valence-electron chi connectivity index (χ2n) is 8.41. The van der Waals surface area contributed by atoms with Gasteiger partial charge in [-0.1, -0.05) is 25.5 Å². The summed E-state index contributed by atoms with van der Waals surface area (Å²) in [5, 5.41) is 0. The Morgan fingerprint density at radius 1 is 0.800 bits per heavy atom. The Kier molecular flexibility index (Phi) is 13.4. The average Bonchev–Trinajstić information content (AvgIpc) is 2.82. The lowest BCUT2D eigenvalue weighted by atomic mass is 9.85. The molecule has 0 aliphatic carbocycles. The maximum absolute atomic E-state index is 13.5. The van der Waals surface area contributed by atoms with Crippen LogP contribution in [0.15, 0.2) is 36.4 Å². The van der Waals surface area contributed by atoms with Gasteiger partial charge in [-0.3, -0.25) is 9.59 Å². The minimum atomic E-state index is -0.500. The molecular weight excluding hydrogens is 670 g/mol. The van der Waals surface area contributed by atoms with Gasteiger partial charge in [0.25, 0.3) is 0 Å². The highest BCUT2D eigenvalue weighted by Gasteiger charge is 2.28. The van der Waals surface area contributed by atoms with E-state index in [1.165, 1.54) is 0 Å². The molecule has 2 aromatic rings. The van der Waals surface area contributed by atoms with Crippen molar-refractivity contribution in [1.29, 1.82) is 0 Å². The first-order chi connectivity index (χ1) is 16.8. The first kappa shape index (κ1) is 29.9. The Hall–Kier alpha value is -1.36. The molecule has 0 saturated carbocycles. The fourth-order valence-corrected chi connectivity index (χ4v) is 6.31. The zero-order chi connectivity index (χ0) is 25.8. The molecule has 2 aromatic carbocycles. The second kappa shape index (κ2) is 15.7. The van der Waals surface area contributed by atoms with E-state index in [0.717, 1.165) is 42.6 Å². The van der Waals surface area contributed by atoms with E-state index < -0.39 is 5.92 Å². The summed E-state index contributed by atoms with van der Waals surface area (Å²) in [4.78, 5) is 26.2. The second-order valence-corrected chi connectivity index (χ2v) is 10.7. The van der Waals surface area contributed by atoms with Gasteiger partial charge >= 0.3 is 5.97 Å². The first-order valence-electron chi connectivity index (χ1n) is 12.3. The Morgan fingerprint density at radius 2 is 1.40 bits per heavy atom. The van der Waals surface area contributed by atoms with E-state index in [1.807, 2.05) is 38.1 Å². The fourth-order valence-electron chi connectivity index (χ4n) is 4.10. The van der Waals surface area contributed by atoms with E-state index >= 15 is 0 Å². The van der Waals surface area contributed by atoms with Crippen LogP contribution >= 0.6 is 45.2 Å². The van der Waals surface area contributed by atoms with Crippen LogP contribution in [0.25, 0.3) is 0 Å². The molecule has 0 saturated heterocycles. The van der Waals surface area contributed by atoms with E-state index in [4.69, 9.17) is 14.2 Å². The summed E-state index contributed by atoms with van der Waals surface area (Å²) in [6.45, 7) is 9.32. The Bertz CT molecular complexity index is 935. The summed E-state index contributed by atoms with van der Waals surface area (Å²) in [7, 11) is 0. The molecule has 0 heterocycles. The minimum absolute atomic E-state index is 0.120. The Balaban J connectivity index is 2.18. The van der Waals surface area contributed by atoms with Crippen molar-refractivity contribution in [3.63, 3.8) is 0 Å². The van der Waals surface area contributed by atoms with Crippen molar-refractivity contribution in [2.24, 2.45) is 11.8 Å². The SMILES string of the molecule is CCC[C@@H](Cc1cc(I)c(OCC)c(I)c1)C(=O)C[C@@H](Cc1ccc(OCC)cc1)C(=O)OCC. The normalized spacial score (nSPS) is 12.6. The van der Waals surface area contributed by atoms with Gasteiger partial charge in [-0.25, -0.2) is 0 Å². The molecule has 2 atom stereocenters. The van der Waals surface area contributed by atoms with Gasteiger partial charge in [0.1, 0.15) is 17.3 Å². The van der Waals surface area contributed by atoms with Crippen molar-refractivity contribution in [3.05, 3.63) is 54.7 Å².